The van der Waals surface area contributed by atoms with E-state index >= 15 is 0 Å². The molecule has 0 spiro atoms. The fourth-order valence-corrected chi connectivity index (χ4v) is 3.06. The van der Waals surface area contributed by atoms with Crippen LogP contribution >= 0.6 is 11.3 Å². The number of carbonyl (C=O) groups excluding carboxylic acids is 2. The van der Waals surface area contributed by atoms with Crippen molar-refractivity contribution in [2.75, 3.05) is 20.7 Å². The number of nitrogens with zero attached hydrogens (tertiary/aromatic N) is 1. The van der Waals surface area contributed by atoms with E-state index in [1.165, 1.54) is 16.9 Å². The molecule has 1 aromatic carbocycles. The first-order valence-electron chi connectivity index (χ1n) is 8.03. The first-order valence-corrected chi connectivity index (χ1v) is 8.91. The zero-order valence-electron chi connectivity index (χ0n) is 14.2. The van der Waals surface area contributed by atoms with Gasteiger partial charge in [-0.25, -0.2) is 0 Å². The maximum atomic E-state index is 12.1. The minimum atomic E-state index is 0.0856. The van der Waals surface area contributed by atoms with Gasteiger partial charge < -0.3 is 9.64 Å². The second kappa shape index (κ2) is 9.23. The normalized spacial score (nSPS) is 10.4. The van der Waals surface area contributed by atoms with Gasteiger partial charge in [-0.05, 0) is 42.0 Å². The molecular weight excluding hydrogens is 322 g/mol. The number of hydrogen-bond acceptors (Lipinski definition) is 4. The summed E-state index contributed by atoms with van der Waals surface area (Å²) in [5, 5.41) is 1.89. The third kappa shape index (κ3) is 5.49. The lowest BCUT2D eigenvalue weighted by molar-refractivity contribution is -0.129. The molecule has 0 fully saturated rings. The molecule has 1 aromatic heterocycles. The van der Waals surface area contributed by atoms with E-state index in [4.69, 9.17) is 4.74 Å². The minimum Gasteiger partial charge on any atom is -0.497 e. The van der Waals surface area contributed by atoms with Crippen molar-refractivity contribution in [1.29, 1.82) is 0 Å². The molecule has 0 unspecified atom stereocenters. The standard InChI is InChI=1S/C19H23NO3S/c1-20(13-12-15-8-10-16(23-2)11-9-15)19(22)7-3-5-17(21)18-6-4-14-24-18/h4,6,8-11,14H,3,5,7,12-13H2,1-2H3. The van der Waals surface area contributed by atoms with Crippen molar-refractivity contribution in [3.8, 4) is 5.75 Å². The molecule has 0 saturated carbocycles. The summed E-state index contributed by atoms with van der Waals surface area (Å²) in [5.41, 5.74) is 1.17. The number of amides is 1. The Morgan fingerprint density at radius 3 is 2.50 bits per heavy atom. The van der Waals surface area contributed by atoms with Crippen molar-refractivity contribution in [3.63, 3.8) is 0 Å². The van der Waals surface area contributed by atoms with E-state index in [1.807, 2.05) is 48.8 Å². The van der Waals surface area contributed by atoms with Crippen LogP contribution in [0.5, 0.6) is 5.75 Å². The minimum absolute atomic E-state index is 0.0856. The largest absolute Gasteiger partial charge is 0.497 e. The second-order valence-electron chi connectivity index (χ2n) is 5.67. The summed E-state index contributed by atoms with van der Waals surface area (Å²) >= 11 is 1.45. The van der Waals surface area contributed by atoms with Crippen molar-refractivity contribution in [2.45, 2.75) is 25.7 Å². The van der Waals surface area contributed by atoms with Crippen molar-refractivity contribution < 1.29 is 14.3 Å². The number of methoxy groups -OCH3 is 1. The fourth-order valence-electron chi connectivity index (χ4n) is 2.37. The van der Waals surface area contributed by atoms with Gasteiger partial charge in [-0.15, -0.1) is 11.3 Å². The molecular formula is C19H23NO3S. The quantitative estimate of drug-likeness (QED) is 0.649. The Bertz CT molecular complexity index is 650. The van der Waals surface area contributed by atoms with E-state index in [0.717, 1.165) is 17.0 Å². The van der Waals surface area contributed by atoms with Crippen LogP contribution in [-0.2, 0) is 11.2 Å². The molecule has 4 nitrogen and oxygen atoms in total. The molecule has 2 aromatic rings. The molecule has 0 aliphatic rings. The summed E-state index contributed by atoms with van der Waals surface area (Å²) in [6.45, 7) is 0.671. The molecule has 0 N–H and O–H groups in total. The summed E-state index contributed by atoms with van der Waals surface area (Å²) in [7, 11) is 3.46. The van der Waals surface area contributed by atoms with Crippen LogP contribution in [0.1, 0.15) is 34.5 Å². The van der Waals surface area contributed by atoms with Gasteiger partial charge in [-0.2, -0.15) is 0 Å². The molecule has 24 heavy (non-hydrogen) atoms. The summed E-state index contributed by atoms with van der Waals surface area (Å²) in [6.07, 6.45) is 2.25. The Kier molecular flexibility index (Phi) is 7.00. The fraction of sp³-hybridized carbons (Fsp3) is 0.368. The van der Waals surface area contributed by atoms with Gasteiger partial charge in [0.15, 0.2) is 5.78 Å². The van der Waals surface area contributed by atoms with E-state index in [1.54, 1.807) is 12.0 Å². The van der Waals surface area contributed by atoms with E-state index in [0.29, 0.717) is 25.8 Å². The molecule has 128 valence electrons. The van der Waals surface area contributed by atoms with Crippen LogP contribution in [-0.4, -0.2) is 37.3 Å². The Morgan fingerprint density at radius 1 is 1.12 bits per heavy atom. The number of thiophene rings is 1. The third-order valence-corrected chi connectivity index (χ3v) is 4.82. The van der Waals surface area contributed by atoms with Gasteiger partial charge in [0.05, 0.1) is 12.0 Å². The van der Waals surface area contributed by atoms with Gasteiger partial charge in [-0.3, -0.25) is 9.59 Å². The van der Waals surface area contributed by atoms with Crippen molar-refractivity contribution in [2.24, 2.45) is 0 Å². The molecule has 0 bridgehead atoms. The number of hydrogen-bond donors (Lipinski definition) is 0. The lowest BCUT2D eigenvalue weighted by Crippen LogP contribution is -2.28. The first kappa shape index (κ1) is 18.2. The van der Waals surface area contributed by atoms with Gasteiger partial charge >= 0.3 is 0 Å². The van der Waals surface area contributed by atoms with Crippen molar-refractivity contribution >= 4 is 23.0 Å². The number of likely N-dealkylation sites (N-methyl/N-ethyl adjacent to an activating group) is 1. The van der Waals surface area contributed by atoms with E-state index < -0.39 is 0 Å². The lowest BCUT2D eigenvalue weighted by atomic mass is 10.1. The summed E-state index contributed by atoms with van der Waals surface area (Å²) in [5.74, 6) is 1.04. The number of ketones is 1. The number of carbonyl (C=O) groups is 2. The molecule has 0 atom stereocenters. The molecule has 0 aliphatic heterocycles. The number of Topliss-reactive ketones (excluding diaryl/α,β-unsaturated/α-hetero) is 1. The first-order chi connectivity index (χ1) is 11.6. The maximum Gasteiger partial charge on any atom is 0.222 e. The molecule has 0 aliphatic carbocycles. The van der Waals surface area contributed by atoms with Crippen molar-refractivity contribution in [3.05, 3.63) is 52.2 Å². The molecule has 0 saturated heterocycles. The summed E-state index contributed by atoms with van der Waals surface area (Å²) in [6, 6.07) is 11.6. The Balaban J connectivity index is 1.68. The topological polar surface area (TPSA) is 46.6 Å². The zero-order valence-corrected chi connectivity index (χ0v) is 15.0. The van der Waals surface area contributed by atoms with Crippen LogP contribution in [0.25, 0.3) is 0 Å². The number of ether oxygens (including phenoxy) is 1. The van der Waals surface area contributed by atoms with E-state index in [9.17, 15) is 9.59 Å². The zero-order chi connectivity index (χ0) is 17.4. The van der Waals surface area contributed by atoms with Crippen LogP contribution in [0.15, 0.2) is 41.8 Å². The SMILES string of the molecule is COc1ccc(CCN(C)C(=O)CCCC(=O)c2cccs2)cc1. The highest BCUT2D eigenvalue weighted by Gasteiger charge is 2.11. The molecule has 2 rings (SSSR count). The lowest BCUT2D eigenvalue weighted by Gasteiger charge is -2.17. The average Bonchev–Trinajstić information content (AvgIpc) is 3.14. The highest BCUT2D eigenvalue weighted by Crippen LogP contribution is 2.14. The van der Waals surface area contributed by atoms with E-state index in [-0.39, 0.29) is 11.7 Å². The van der Waals surface area contributed by atoms with Crippen molar-refractivity contribution in [1.82, 2.24) is 4.90 Å². The average molecular weight is 345 g/mol. The highest BCUT2D eigenvalue weighted by molar-refractivity contribution is 7.12. The van der Waals surface area contributed by atoms with E-state index in [2.05, 4.69) is 0 Å². The summed E-state index contributed by atoms with van der Waals surface area (Å²) in [4.78, 5) is 26.5. The second-order valence-corrected chi connectivity index (χ2v) is 6.62. The predicted molar refractivity (Wildman–Crippen MR) is 96.8 cm³/mol. The number of benzene rings is 1. The van der Waals surface area contributed by atoms with Gasteiger partial charge in [-0.1, -0.05) is 18.2 Å². The van der Waals surface area contributed by atoms with Crippen LogP contribution in [0.4, 0.5) is 0 Å². The smallest absolute Gasteiger partial charge is 0.222 e. The molecule has 0 radical (unpaired) electrons. The Hall–Kier alpha value is -2.14. The van der Waals surface area contributed by atoms with Crippen LogP contribution in [0.2, 0.25) is 0 Å². The maximum absolute atomic E-state index is 12.1. The highest BCUT2D eigenvalue weighted by atomic mass is 32.1. The third-order valence-electron chi connectivity index (χ3n) is 3.91. The van der Waals surface area contributed by atoms with Gasteiger partial charge in [0, 0.05) is 26.4 Å². The van der Waals surface area contributed by atoms with Crippen LogP contribution < -0.4 is 4.74 Å². The molecule has 5 heteroatoms. The van der Waals surface area contributed by atoms with Crippen LogP contribution in [0.3, 0.4) is 0 Å². The Morgan fingerprint density at radius 2 is 1.88 bits per heavy atom. The van der Waals surface area contributed by atoms with Gasteiger partial charge in [0.25, 0.3) is 0 Å². The monoisotopic (exact) mass is 345 g/mol. The van der Waals surface area contributed by atoms with Crippen LogP contribution in [0, 0.1) is 0 Å². The summed E-state index contributed by atoms with van der Waals surface area (Å²) < 4.78 is 5.13. The van der Waals surface area contributed by atoms with Gasteiger partial charge in [0.2, 0.25) is 5.91 Å². The molecule has 1 heterocycles. The van der Waals surface area contributed by atoms with Gasteiger partial charge in [0.1, 0.15) is 5.75 Å². The predicted octanol–water partition coefficient (Wildman–Crippen LogP) is 3.81. The Labute approximate surface area is 147 Å². The molecule has 1 amide bonds. The number of rotatable bonds is 9.